The number of aromatic hydroxyl groups is 1. The van der Waals surface area contributed by atoms with E-state index >= 15 is 0 Å². The normalized spacial score (nSPS) is 13.5. The predicted molar refractivity (Wildman–Crippen MR) is 253 cm³/mol. The molecule has 0 radical (unpaired) electrons. The molecule has 0 aliphatic heterocycles. The average molecular weight is 1060 g/mol. The zero-order chi connectivity index (χ0) is 45.6. The number of rotatable bonds is 5. The van der Waals surface area contributed by atoms with Gasteiger partial charge >= 0.3 is 248 Å². The molecular weight excluding hydrogens is 995 g/mol. The van der Waals surface area contributed by atoms with Crippen molar-refractivity contribution in [2.75, 3.05) is 0 Å². The average Bonchev–Trinajstić information content (AvgIpc) is 3.82. The molecule has 7 heteroatoms. The van der Waals surface area contributed by atoms with Crippen molar-refractivity contribution in [3.8, 4) is 56.3 Å². The van der Waals surface area contributed by atoms with E-state index in [1.54, 1.807) is 0 Å². The van der Waals surface area contributed by atoms with Crippen LogP contribution in [-0.2, 0) is 42.7 Å². The van der Waals surface area contributed by atoms with E-state index in [2.05, 4.69) is 184 Å². The number of fused-ring (bicyclic) bond motifs is 2. The molecule has 0 aliphatic rings. The van der Waals surface area contributed by atoms with Gasteiger partial charge in [0.2, 0.25) is 0 Å². The van der Waals surface area contributed by atoms with E-state index in [-0.39, 0.29) is 68.5 Å². The van der Waals surface area contributed by atoms with Gasteiger partial charge in [0.25, 0.3) is 0 Å². The van der Waals surface area contributed by atoms with Crippen LogP contribution in [0, 0.1) is 12.9 Å². The molecule has 3 heterocycles. The van der Waals surface area contributed by atoms with Gasteiger partial charge in [-0.05, 0) is 21.8 Å². The molecule has 5 aromatic carbocycles. The van der Waals surface area contributed by atoms with Crippen molar-refractivity contribution < 1.29 is 30.3 Å². The molecule has 0 aliphatic carbocycles. The maximum Gasteiger partial charge on any atom is 0 e. The Labute approximate surface area is 387 Å². The Kier molecular flexibility index (Phi) is 10.6. The largest absolute Gasteiger partial charge is 0 e. The summed E-state index contributed by atoms with van der Waals surface area (Å²) in [5.41, 5.74) is 12.7. The zero-order valence-electron chi connectivity index (χ0n) is 40.3. The molecule has 0 bridgehead atoms. The first-order chi connectivity index (χ1) is 29.3. The summed E-state index contributed by atoms with van der Waals surface area (Å²) in [7, 11) is 0. The van der Waals surface area contributed by atoms with Gasteiger partial charge < -0.3 is 0 Å². The van der Waals surface area contributed by atoms with Gasteiger partial charge in [-0.25, -0.2) is 0 Å². The quantitative estimate of drug-likeness (QED) is 0.138. The van der Waals surface area contributed by atoms with Crippen molar-refractivity contribution in [2.24, 2.45) is 0 Å². The first kappa shape index (κ1) is 40.5. The molecule has 61 heavy (non-hydrogen) atoms. The molecule has 1 N–H and O–H groups in total. The van der Waals surface area contributed by atoms with E-state index in [0.29, 0.717) is 22.6 Å². The van der Waals surface area contributed by atoms with E-state index in [9.17, 15) is 5.11 Å². The Morgan fingerprint density at radius 1 is 0.639 bits per heavy atom. The molecule has 316 valence electrons. The van der Waals surface area contributed by atoms with Gasteiger partial charge in [-0.15, -0.1) is 0 Å². The second-order valence-corrected chi connectivity index (χ2v) is 22.1. The number of phenols is 1. The second-order valence-electron chi connectivity index (χ2n) is 20.2. The summed E-state index contributed by atoms with van der Waals surface area (Å²) < 4.78 is 27.7. The second kappa shape index (κ2) is 15.9. The fraction of sp³-hybridized carbons (Fsp3) is 0.315. The van der Waals surface area contributed by atoms with Crippen molar-refractivity contribution in [3.05, 3.63) is 136 Å². The van der Waals surface area contributed by atoms with Crippen LogP contribution in [-0.4, -0.2) is 39.1 Å². The fourth-order valence-electron chi connectivity index (χ4n) is 7.92. The predicted octanol–water partition coefficient (Wildman–Crippen LogP) is 13.7. The summed E-state index contributed by atoms with van der Waals surface area (Å²) in [6, 6.07) is 35.9. The van der Waals surface area contributed by atoms with Crippen molar-refractivity contribution in [1.82, 2.24) is 19.5 Å². The van der Waals surface area contributed by atoms with Crippen LogP contribution in [0.5, 0.6) is 5.75 Å². The van der Waals surface area contributed by atoms with Crippen molar-refractivity contribution in [1.29, 1.82) is 0 Å². The number of aromatic nitrogens is 4. The summed E-state index contributed by atoms with van der Waals surface area (Å²) in [6.45, 7) is 24.1. The van der Waals surface area contributed by atoms with E-state index in [1.165, 1.54) is 11.9 Å². The molecule has 8 rings (SSSR count). The molecule has 0 atom stereocenters. The van der Waals surface area contributed by atoms with E-state index in [1.807, 2.05) is 11.0 Å². The third-order valence-electron chi connectivity index (χ3n) is 11.5. The third-order valence-corrected chi connectivity index (χ3v) is 13.6. The minimum absolute atomic E-state index is 0. The molecule has 8 aromatic rings. The van der Waals surface area contributed by atoms with Gasteiger partial charge in [-0.3, -0.25) is 0 Å². The minimum atomic E-state index is -2.27. The Morgan fingerprint density at radius 2 is 1.30 bits per heavy atom. The van der Waals surface area contributed by atoms with Gasteiger partial charge in [0.15, 0.2) is 0 Å². The maximum absolute atomic E-state index is 12.5. The number of nitrogens with zero attached hydrogens (tertiary/aromatic N) is 4. The van der Waals surface area contributed by atoms with Crippen LogP contribution in [0.2, 0.25) is 0 Å². The maximum atomic E-state index is 12.5. The first-order valence-corrected chi connectivity index (χ1v) is 22.6. The molecule has 0 amide bonds. The number of aryl methyl sites for hydroxylation is 1. The Balaban J connectivity index is 0.00000612. The summed E-state index contributed by atoms with van der Waals surface area (Å²) in [6.07, 6.45) is 1.47. The van der Waals surface area contributed by atoms with Crippen LogP contribution in [0.4, 0.5) is 0 Å². The number of hydrogen-bond acceptors (Lipinski definition) is 4. The SMILES string of the molecule is [2H]C([2H])([2H])c1c[se]c2c(-c3[c-]c(-c4cccc5c4nc(-c4cc(C(C)(C)C)cc(C(C)(C)C)c4O)n5-c4ccc(C(C)(C)C)cc4-c4ccccc4)cc(C(C)(C)C)c3)ncnc12.[Pt]. The van der Waals surface area contributed by atoms with Gasteiger partial charge in [-0.2, -0.15) is 0 Å². The van der Waals surface area contributed by atoms with Gasteiger partial charge in [-0.1, -0.05) is 98.7 Å². The van der Waals surface area contributed by atoms with Gasteiger partial charge in [0.05, 0.1) is 0 Å². The molecule has 5 nitrogen and oxygen atoms in total. The Morgan fingerprint density at radius 3 is 1.95 bits per heavy atom. The molecule has 0 saturated heterocycles. The molecule has 3 aromatic heterocycles. The van der Waals surface area contributed by atoms with Crippen LogP contribution < -0.4 is 0 Å². The summed E-state index contributed by atoms with van der Waals surface area (Å²) in [5, 5.41) is 12.5. The topological polar surface area (TPSA) is 63.8 Å². The Bertz CT molecular complexity index is 3050. The van der Waals surface area contributed by atoms with Gasteiger partial charge in [0, 0.05) is 21.1 Å². The third kappa shape index (κ3) is 8.37. The van der Waals surface area contributed by atoms with E-state index in [4.69, 9.17) is 14.1 Å². The van der Waals surface area contributed by atoms with Crippen molar-refractivity contribution >= 4 is 35.3 Å². The number of para-hydroxylation sites is 1. The number of imidazole rings is 1. The molecule has 0 unspecified atom stereocenters. The van der Waals surface area contributed by atoms with Crippen molar-refractivity contribution in [2.45, 2.75) is 112 Å². The van der Waals surface area contributed by atoms with Gasteiger partial charge in [0.1, 0.15) is 0 Å². The molecule has 0 fully saturated rings. The number of phenolic OH excluding ortho intramolecular Hbond substituents is 1. The Hall–Kier alpha value is -4.60. The summed E-state index contributed by atoms with van der Waals surface area (Å²) >= 11 is -0.260. The van der Waals surface area contributed by atoms with Crippen LogP contribution in [0.25, 0.3) is 71.4 Å². The van der Waals surface area contributed by atoms with Crippen LogP contribution in [0.3, 0.4) is 0 Å². The molecular formula is C54H57N4OPtSe-. The van der Waals surface area contributed by atoms with Crippen LogP contribution in [0.1, 0.15) is 115 Å². The summed E-state index contributed by atoms with van der Waals surface area (Å²) in [5.74, 6) is 0.855. The number of hydrogen-bond donors (Lipinski definition) is 1. The molecule has 0 spiro atoms. The monoisotopic (exact) mass is 1060 g/mol. The van der Waals surface area contributed by atoms with Crippen LogP contribution >= 0.6 is 0 Å². The fourth-order valence-corrected chi connectivity index (χ4v) is 9.80. The smallest absolute Gasteiger partial charge is 0 e. The minimum Gasteiger partial charge on any atom is 0 e. The van der Waals surface area contributed by atoms with Crippen molar-refractivity contribution in [3.63, 3.8) is 0 Å². The standard InChI is InChI=1S/C54H57N4OSe.Pt/c1-32-30-60-49-45(32)55-31-56-46(49)35-24-34(25-37(26-35)52(5,6)7)39-20-17-21-44-47(39)57-50(41-28-38(53(8,9)10)29-42(48(41)59)54(11,12)13)58(44)43-23-22-36(51(2,3)4)27-40(43)33-18-15-14-16-19-33;/h14-23,25-31,59H,1-13H3;/q-1;/i1D3;. The molecule has 0 saturated carbocycles. The first-order valence-electron chi connectivity index (χ1n) is 22.2. The van der Waals surface area contributed by atoms with E-state index in [0.717, 1.165) is 65.5 Å². The van der Waals surface area contributed by atoms with Crippen LogP contribution in [0.15, 0.2) is 102 Å². The number of benzene rings is 5. The van der Waals surface area contributed by atoms with E-state index < -0.39 is 6.85 Å². The zero-order valence-corrected chi connectivity index (χ0v) is 41.3. The summed E-state index contributed by atoms with van der Waals surface area (Å²) in [4.78, 5) is 16.7.